The second-order valence-corrected chi connectivity index (χ2v) is 8.70. The fraction of sp³-hybridized carbons (Fsp3) is 0.667. The summed E-state index contributed by atoms with van der Waals surface area (Å²) >= 11 is 0. The zero-order valence-electron chi connectivity index (χ0n) is 15.3. The number of likely N-dealkylation sites (tertiary alicyclic amines) is 2. The third-order valence-electron chi connectivity index (χ3n) is 7.38. The number of benzene rings is 1. The highest BCUT2D eigenvalue weighted by molar-refractivity contribution is 5.75. The molecule has 2 saturated heterocycles. The van der Waals surface area contributed by atoms with Crippen LogP contribution in [0.1, 0.15) is 57.6 Å². The molecule has 2 atom stereocenters. The van der Waals surface area contributed by atoms with Gasteiger partial charge in [0.2, 0.25) is 0 Å². The number of hydrogen-bond acceptors (Lipinski definition) is 1. The Morgan fingerprint density at radius 2 is 1.75 bits per heavy atom. The maximum absolute atomic E-state index is 13.2. The first kappa shape index (κ1) is 16.0. The molecule has 0 N–H and O–H groups in total. The molecule has 0 unspecified atom stereocenters. The number of hydrogen-bond donors (Lipinski definition) is 0. The monoisotopic (exact) mass is 326 g/mol. The summed E-state index contributed by atoms with van der Waals surface area (Å²) in [4.78, 5) is 17.5. The van der Waals surface area contributed by atoms with Crippen LogP contribution >= 0.6 is 0 Å². The zero-order chi connectivity index (χ0) is 16.9. The van der Waals surface area contributed by atoms with Gasteiger partial charge < -0.3 is 9.80 Å². The van der Waals surface area contributed by atoms with Crippen molar-refractivity contribution in [3.8, 4) is 0 Å². The van der Waals surface area contributed by atoms with Crippen molar-refractivity contribution in [1.29, 1.82) is 0 Å². The van der Waals surface area contributed by atoms with Crippen LogP contribution < -0.4 is 0 Å². The highest BCUT2D eigenvalue weighted by Gasteiger charge is 2.57. The van der Waals surface area contributed by atoms with E-state index in [0.717, 1.165) is 45.3 Å². The van der Waals surface area contributed by atoms with Gasteiger partial charge in [-0.2, -0.15) is 0 Å². The van der Waals surface area contributed by atoms with Crippen molar-refractivity contribution in [3.63, 3.8) is 0 Å². The second kappa shape index (κ2) is 5.50. The molecule has 2 amide bonds. The smallest absolute Gasteiger partial charge is 0.320 e. The van der Waals surface area contributed by atoms with E-state index in [2.05, 4.69) is 54.8 Å². The van der Waals surface area contributed by atoms with Crippen molar-refractivity contribution in [3.05, 3.63) is 35.4 Å². The van der Waals surface area contributed by atoms with Gasteiger partial charge in [-0.05, 0) is 48.6 Å². The van der Waals surface area contributed by atoms with Crippen LogP contribution in [0.5, 0.6) is 0 Å². The second-order valence-electron chi connectivity index (χ2n) is 8.70. The SMILES string of the molecule is CC1(C)[C@H]2Cc3ccccc3[C@]1(C)CCN2C(=O)N1CCCCC1. The lowest BCUT2D eigenvalue weighted by atomic mass is 9.51. The first-order valence-electron chi connectivity index (χ1n) is 9.59. The molecule has 0 aromatic heterocycles. The summed E-state index contributed by atoms with van der Waals surface area (Å²) in [5.41, 5.74) is 3.22. The molecule has 0 spiro atoms. The molecule has 24 heavy (non-hydrogen) atoms. The fourth-order valence-electron chi connectivity index (χ4n) is 5.37. The first-order valence-corrected chi connectivity index (χ1v) is 9.59. The third kappa shape index (κ3) is 2.13. The minimum Gasteiger partial charge on any atom is -0.325 e. The number of piperidine rings is 2. The first-order chi connectivity index (χ1) is 11.4. The number of rotatable bonds is 0. The van der Waals surface area contributed by atoms with Crippen molar-refractivity contribution >= 4 is 6.03 Å². The molecule has 1 aromatic carbocycles. The standard InChI is InChI=1S/C21H30N2O/c1-20(2)18-15-16-9-5-6-10-17(16)21(20,3)11-14-23(18)19(24)22-12-7-4-8-13-22/h5-6,9-10,18H,4,7-8,11-15H2,1-3H3/t18-,21+/m1/s1. The highest BCUT2D eigenvalue weighted by atomic mass is 16.2. The van der Waals surface area contributed by atoms with Crippen molar-refractivity contribution in [2.75, 3.05) is 19.6 Å². The molecule has 4 rings (SSSR count). The van der Waals surface area contributed by atoms with Crippen LogP contribution in [0, 0.1) is 5.41 Å². The van der Waals surface area contributed by atoms with E-state index in [4.69, 9.17) is 0 Å². The highest BCUT2D eigenvalue weighted by Crippen LogP contribution is 2.56. The Labute approximate surface area is 146 Å². The Hall–Kier alpha value is -1.51. The summed E-state index contributed by atoms with van der Waals surface area (Å²) in [6, 6.07) is 9.49. The normalized spacial score (nSPS) is 31.5. The van der Waals surface area contributed by atoms with E-state index >= 15 is 0 Å². The summed E-state index contributed by atoms with van der Waals surface area (Å²) in [5, 5.41) is 0. The third-order valence-corrected chi connectivity index (χ3v) is 7.38. The van der Waals surface area contributed by atoms with Crippen LogP contribution in [0.25, 0.3) is 0 Å². The van der Waals surface area contributed by atoms with Gasteiger partial charge in [-0.3, -0.25) is 0 Å². The molecule has 3 nitrogen and oxygen atoms in total. The van der Waals surface area contributed by atoms with Crippen LogP contribution in [0.4, 0.5) is 4.79 Å². The van der Waals surface area contributed by atoms with E-state index in [1.54, 1.807) is 0 Å². The molecule has 1 aliphatic carbocycles. The maximum atomic E-state index is 13.2. The van der Waals surface area contributed by atoms with Gasteiger partial charge in [0, 0.05) is 31.1 Å². The van der Waals surface area contributed by atoms with Crippen molar-refractivity contribution < 1.29 is 4.79 Å². The predicted molar refractivity (Wildman–Crippen MR) is 97.2 cm³/mol. The van der Waals surface area contributed by atoms with Crippen LogP contribution in [0.2, 0.25) is 0 Å². The summed E-state index contributed by atoms with van der Waals surface area (Å²) in [5.74, 6) is 0. The largest absolute Gasteiger partial charge is 0.325 e. The van der Waals surface area contributed by atoms with Gasteiger partial charge in [0.05, 0.1) is 0 Å². The quantitative estimate of drug-likeness (QED) is 0.700. The topological polar surface area (TPSA) is 23.6 Å². The number of carbonyl (C=O) groups excluding carboxylic acids is 1. The molecule has 130 valence electrons. The summed E-state index contributed by atoms with van der Waals surface area (Å²) in [6.45, 7) is 9.95. The molecule has 1 aromatic rings. The average Bonchev–Trinajstić information content (AvgIpc) is 2.58. The summed E-state index contributed by atoms with van der Waals surface area (Å²) in [7, 11) is 0. The average molecular weight is 326 g/mol. The Morgan fingerprint density at radius 1 is 1.04 bits per heavy atom. The molecule has 3 heteroatoms. The Kier molecular flexibility index (Phi) is 3.67. The fourth-order valence-corrected chi connectivity index (χ4v) is 5.37. The molecular formula is C21H30N2O. The minimum absolute atomic E-state index is 0.102. The van der Waals surface area contributed by atoms with Crippen molar-refractivity contribution in [2.24, 2.45) is 5.41 Å². The molecule has 0 saturated carbocycles. The van der Waals surface area contributed by atoms with E-state index in [-0.39, 0.29) is 16.9 Å². The van der Waals surface area contributed by atoms with Gasteiger partial charge in [0.25, 0.3) is 0 Å². The summed E-state index contributed by atoms with van der Waals surface area (Å²) < 4.78 is 0. The van der Waals surface area contributed by atoms with E-state index in [9.17, 15) is 4.79 Å². The molecule has 0 radical (unpaired) electrons. The zero-order valence-corrected chi connectivity index (χ0v) is 15.3. The van der Waals surface area contributed by atoms with Gasteiger partial charge in [0.1, 0.15) is 0 Å². The molecule has 2 aliphatic heterocycles. The maximum Gasteiger partial charge on any atom is 0.320 e. The van der Waals surface area contributed by atoms with E-state index < -0.39 is 0 Å². The van der Waals surface area contributed by atoms with Gasteiger partial charge in [-0.1, -0.05) is 45.0 Å². The predicted octanol–water partition coefficient (Wildman–Crippen LogP) is 4.21. The number of fused-ring (bicyclic) bond motifs is 4. The van der Waals surface area contributed by atoms with Crippen LogP contribution in [0.15, 0.2) is 24.3 Å². The van der Waals surface area contributed by atoms with E-state index in [1.165, 1.54) is 17.5 Å². The lowest BCUT2D eigenvalue weighted by Crippen LogP contribution is -2.66. The van der Waals surface area contributed by atoms with Crippen LogP contribution in [0.3, 0.4) is 0 Å². The Bertz CT molecular complexity index is 647. The lowest BCUT2D eigenvalue weighted by Gasteiger charge is -2.61. The molecule has 3 aliphatic rings. The van der Waals surface area contributed by atoms with Crippen LogP contribution in [-0.2, 0) is 11.8 Å². The van der Waals surface area contributed by atoms with E-state index in [0.29, 0.717) is 6.04 Å². The number of amides is 2. The molecule has 2 heterocycles. The van der Waals surface area contributed by atoms with Crippen molar-refractivity contribution in [1.82, 2.24) is 9.80 Å². The Morgan fingerprint density at radius 3 is 2.50 bits per heavy atom. The lowest BCUT2D eigenvalue weighted by molar-refractivity contribution is -0.0242. The van der Waals surface area contributed by atoms with Crippen molar-refractivity contribution in [2.45, 2.75) is 64.3 Å². The number of carbonyl (C=O) groups is 1. The van der Waals surface area contributed by atoms with Gasteiger partial charge in [-0.25, -0.2) is 4.79 Å². The minimum atomic E-state index is 0.102. The van der Waals surface area contributed by atoms with Gasteiger partial charge in [-0.15, -0.1) is 0 Å². The van der Waals surface area contributed by atoms with E-state index in [1.807, 2.05) is 0 Å². The van der Waals surface area contributed by atoms with Crippen LogP contribution in [-0.4, -0.2) is 41.5 Å². The number of nitrogens with zero attached hydrogens (tertiary/aromatic N) is 2. The molecular weight excluding hydrogens is 296 g/mol. The molecule has 2 bridgehead atoms. The summed E-state index contributed by atoms with van der Waals surface area (Å²) in [6.07, 6.45) is 5.65. The number of urea groups is 1. The molecule has 2 fully saturated rings. The van der Waals surface area contributed by atoms with Gasteiger partial charge in [0.15, 0.2) is 0 Å². The van der Waals surface area contributed by atoms with Gasteiger partial charge >= 0.3 is 6.03 Å². The Balaban J connectivity index is 1.69.